The Kier molecular flexibility index (Phi) is 6.47. The molecule has 1 fully saturated rings. The third kappa shape index (κ3) is 5.02. The normalized spacial score (nSPS) is 16.3. The van der Waals surface area contributed by atoms with Gasteiger partial charge in [0.25, 0.3) is 5.91 Å². The molecule has 1 unspecified atom stereocenters. The molecule has 1 N–H and O–H groups in total. The van der Waals surface area contributed by atoms with Crippen LogP contribution in [-0.4, -0.2) is 36.9 Å². The number of methoxy groups -OCH3 is 1. The zero-order valence-corrected chi connectivity index (χ0v) is 18.2. The molecule has 1 aliphatic rings. The van der Waals surface area contributed by atoms with Crippen LogP contribution in [0.5, 0.6) is 5.75 Å². The van der Waals surface area contributed by atoms with Crippen LogP contribution in [0.2, 0.25) is 5.02 Å². The molecule has 2 amide bonds. The van der Waals surface area contributed by atoms with Crippen LogP contribution < -0.4 is 10.1 Å². The summed E-state index contributed by atoms with van der Waals surface area (Å²) in [6.07, 6.45) is 3.04. The number of nitrogens with zero attached hydrogens (tertiary/aromatic N) is 1. The molecule has 0 radical (unpaired) electrons. The first-order valence-corrected chi connectivity index (χ1v) is 10.8. The van der Waals surface area contributed by atoms with Crippen molar-refractivity contribution in [3.05, 3.63) is 59.3 Å². The van der Waals surface area contributed by atoms with E-state index in [4.69, 9.17) is 20.8 Å². The fourth-order valence-corrected chi connectivity index (χ4v) is 4.29. The summed E-state index contributed by atoms with van der Waals surface area (Å²) in [5.41, 5.74) is 1.36. The van der Waals surface area contributed by atoms with Gasteiger partial charge in [-0.15, -0.1) is 0 Å². The van der Waals surface area contributed by atoms with Crippen molar-refractivity contribution < 1.29 is 18.7 Å². The van der Waals surface area contributed by atoms with Crippen LogP contribution in [0.4, 0.5) is 5.69 Å². The van der Waals surface area contributed by atoms with E-state index in [0.29, 0.717) is 41.7 Å². The van der Waals surface area contributed by atoms with Gasteiger partial charge in [0.05, 0.1) is 12.1 Å². The van der Waals surface area contributed by atoms with E-state index in [-0.39, 0.29) is 17.7 Å². The molecular formula is C24H25ClN2O4. The first kappa shape index (κ1) is 21.2. The second kappa shape index (κ2) is 9.43. The van der Waals surface area contributed by atoms with E-state index < -0.39 is 0 Å². The number of carbonyl (C=O) groups is 2. The van der Waals surface area contributed by atoms with Crippen LogP contribution in [0.1, 0.15) is 36.2 Å². The van der Waals surface area contributed by atoms with Crippen LogP contribution in [0.3, 0.4) is 0 Å². The highest BCUT2D eigenvalue weighted by atomic mass is 35.5. The van der Waals surface area contributed by atoms with Crippen molar-refractivity contribution in [3.8, 4) is 5.75 Å². The highest BCUT2D eigenvalue weighted by Gasteiger charge is 2.26. The standard InChI is InChI=1S/C24H25ClN2O4/c1-30-21-10-9-18(14-19(21)25)26-23(28)11-8-16-5-4-12-27(15-16)24(29)22-13-17-6-2-3-7-20(17)31-22/h2-3,6-7,9-10,13-14,16H,4-5,8,11-12,15H2,1H3,(H,26,28). The van der Waals surface area contributed by atoms with Gasteiger partial charge >= 0.3 is 0 Å². The smallest absolute Gasteiger partial charge is 0.289 e. The molecule has 1 aliphatic heterocycles. The van der Waals surface area contributed by atoms with E-state index in [0.717, 1.165) is 30.2 Å². The molecule has 4 rings (SSSR count). The maximum atomic E-state index is 12.9. The molecule has 3 aromatic rings. The molecule has 0 spiro atoms. The predicted octanol–water partition coefficient (Wildman–Crippen LogP) is 5.37. The fourth-order valence-electron chi connectivity index (χ4n) is 4.03. The summed E-state index contributed by atoms with van der Waals surface area (Å²) >= 11 is 6.11. The highest BCUT2D eigenvalue weighted by molar-refractivity contribution is 6.32. The van der Waals surface area contributed by atoms with Crippen molar-refractivity contribution in [2.24, 2.45) is 5.92 Å². The van der Waals surface area contributed by atoms with Crippen LogP contribution in [0.15, 0.2) is 52.9 Å². The SMILES string of the molecule is COc1ccc(NC(=O)CCC2CCCN(C(=O)c3cc4ccccc4o3)C2)cc1Cl. The molecule has 0 aliphatic carbocycles. The maximum absolute atomic E-state index is 12.9. The average Bonchev–Trinajstić information content (AvgIpc) is 3.22. The van der Waals surface area contributed by atoms with Gasteiger partial charge in [-0.3, -0.25) is 9.59 Å². The maximum Gasteiger partial charge on any atom is 0.289 e. The average molecular weight is 441 g/mol. The van der Waals surface area contributed by atoms with Crippen molar-refractivity contribution >= 4 is 40.1 Å². The van der Waals surface area contributed by atoms with Gasteiger partial charge in [-0.25, -0.2) is 0 Å². The van der Waals surface area contributed by atoms with Gasteiger partial charge in [-0.2, -0.15) is 0 Å². The van der Waals surface area contributed by atoms with E-state index in [9.17, 15) is 9.59 Å². The molecule has 6 nitrogen and oxygen atoms in total. The summed E-state index contributed by atoms with van der Waals surface area (Å²) in [5.74, 6) is 1.07. The highest BCUT2D eigenvalue weighted by Crippen LogP contribution is 2.28. The summed E-state index contributed by atoms with van der Waals surface area (Å²) in [5, 5.41) is 4.25. The van der Waals surface area contributed by atoms with Gasteiger partial charge in [0.2, 0.25) is 5.91 Å². The topological polar surface area (TPSA) is 71.8 Å². The molecule has 2 heterocycles. The molecule has 162 valence electrons. The van der Waals surface area contributed by atoms with Gasteiger partial charge < -0.3 is 19.4 Å². The monoisotopic (exact) mass is 440 g/mol. The van der Waals surface area contributed by atoms with Gasteiger partial charge in [-0.05, 0) is 55.5 Å². The Labute approximate surface area is 186 Å². The van der Waals surface area contributed by atoms with E-state index in [1.807, 2.05) is 29.2 Å². The molecule has 1 saturated heterocycles. The Morgan fingerprint density at radius 2 is 2.06 bits per heavy atom. The number of benzene rings is 2. The Morgan fingerprint density at radius 1 is 1.23 bits per heavy atom. The number of fused-ring (bicyclic) bond motifs is 1. The number of rotatable bonds is 6. The lowest BCUT2D eigenvalue weighted by atomic mass is 9.93. The van der Waals surface area contributed by atoms with Crippen LogP contribution in [0.25, 0.3) is 11.0 Å². The predicted molar refractivity (Wildman–Crippen MR) is 121 cm³/mol. The lowest BCUT2D eigenvalue weighted by Gasteiger charge is -2.32. The third-order valence-electron chi connectivity index (χ3n) is 5.66. The number of carbonyl (C=O) groups excluding carboxylic acids is 2. The minimum absolute atomic E-state index is 0.0676. The number of hydrogen-bond donors (Lipinski definition) is 1. The Morgan fingerprint density at radius 3 is 2.84 bits per heavy atom. The lowest BCUT2D eigenvalue weighted by Crippen LogP contribution is -2.40. The quantitative estimate of drug-likeness (QED) is 0.559. The lowest BCUT2D eigenvalue weighted by molar-refractivity contribution is -0.116. The number of likely N-dealkylation sites (tertiary alicyclic amines) is 1. The second-order valence-electron chi connectivity index (χ2n) is 7.84. The number of hydrogen-bond acceptors (Lipinski definition) is 4. The van der Waals surface area contributed by atoms with Crippen LogP contribution >= 0.6 is 11.6 Å². The van der Waals surface area contributed by atoms with Gasteiger partial charge in [-0.1, -0.05) is 29.8 Å². The Bertz CT molecular complexity index is 1060. The van der Waals surface area contributed by atoms with Crippen molar-refractivity contribution in [1.82, 2.24) is 4.90 Å². The molecule has 0 bridgehead atoms. The number of para-hydroxylation sites is 1. The van der Waals surface area contributed by atoms with E-state index in [2.05, 4.69) is 5.32 Å². The van der Waals surface area contributed by atoms with E-state index >= 15 is 0 Å². The summed E-state index contributed by atoms with van der Waals surface area (Å²) in [6, 6.07) is 14.6. The molecule has 0 saturated carbocycles. The van der Waals surface area contributed by atoms with Gasteiger partial charge in [0.15, 0.2) is 5.76 Å². The van der Waals surface area contributed by atoms with Gasteiger partial charge in [0.1, 0.15) is 11.3 Å². The number of amides is 2. The third-order valence-corrected chi connectivity index (χ3v) is 5.95. The zero-order valence-electron chi connectivity index (χ0n) is 17.4. The molecule has 1 aromatic heterocycles. The molecular weight excluding hydrogens is 416 g/mol. The Hall–Kier alpha value is -2.99. The first-order chi connectivity index (χ1) is 15.0. The minimum Gasteiger partial charge on any atom is -0.495 e. The summed E-state index contributed by atoms with van der Waals surface area (Å²) in [4.78, 5) is 27.1. The van der Waals surface area contributed by atoms with Crippen molar-refractivity contribution in [3.63, 3.8) is 0 Å². The molecule has 7 heteroatoms. The number of ether oxygens (including phenoxy) is 1. The molecule has 31 heavy (non-hydrogen) atoms. The summed E-state index contributed by atoms with van der Waals surface area (Å²) in [6.45, 7) is 1.35. The van der Waals surface area contributed by atoms with Crippen LogP contribution in [0, 0.1) is 5.92 Å². The van der Waals surface area contributed by atoms with E-state index in [1.165, 1.54) is 0 Å². The number of halogens is 1. The number of piperidine rings is 1. The van der Waals surface area contributed by atoms with Crippen molar-refractivity contribution in [2.45, 2.75) is 25.7 Å². The van der Waals surface area contributed by atoms with E-state index in [1.54, 1.807) is 31.4 Å². The van der Waals surface area contributed by atoms with Crippen LogP contribution in [-0.2, 0) is 4.79 Å². The first-order valence-electron chi connectivity index (χ1n) is 10.4. The molecule has 2 aromatic carbocycles. The fraction of sp³-hybridized carbons (Fsp3) is 0.333. The number of furan rings is 1. The largest absolute Gasteiger partial charge is 0.495 e. The number of nitrogens with one attached hydrogen (secondary N) is 1. The van der Waals surface area contributed by atoms with Crippen molar-refractivity contribution in [2.75, 3.05) is 25.5 Å². The zero-order chi connectivity index (χ0) is 21.8. The van der Waals surface area contributed by atoms with Gasteiger partial charge in [0, 0.05) is 30.6 Å². The Balaban J connectivity index is 1.31. The van der Waals surface area contributed by atoms with Crippen molar-refractivity contribution in [1.29, 1.82) is 0 Å². The minimum atomic E-state index is -0.0850. The number of anilines is 1. The summed E-state index contributed by atoms with van der Waals surface area (Å²) in [7, 11) is 1.55. The molecule has 1 atom stereocenters. The second-order valence-corrected chi connectivity index (χ2v) is 8.25. The summed E-state index contributed by atoms with van der Waals surface area (Å²) < 4.78 is 10.9.